The van der Waals surface area contributed by atoms with E-state index in [4.69, 9.17) is 0 Å². The highest BCUT2D eigenvalue weighted by molar-refractivity contribution is 5.84. The van der Waals surface area contributed by atoms with Crippen molar-refractivity contribution in [1.82, 2.24) is 10.2 Å². The van der Waals surface area contributed by atoms with E-state index in [1.807, 2.05) is 17.9 Å². The summed E-state index contributed by atoms with van der Waals surface area (Å²) in [6.07, 6.45) is 1.59. The van der Waals surface area contributed by atoms with Crippen molar-refractivity contribution in [3.8, 4) is 0 Å². The first-order valence-electron chi connectivity index (χ1n) is 7.42. The van der Waals surface area contributed by atoms with Gasteiger partial charge in [-0.15, -0.1) is 0 Å². The fraction of sp³-hybridized carbons (Fsp3) is 0.562. The molecule has 1 heterocycles. The number of nitrogens with zero attached hydrogens (tertiary/aromatic N) is 1. The Morgan fingerprint density at radius 1 is 1.40 bits per heavy atom. The van der Waals surface area contributed by atoms with Gasteiger partial charge in [0.1, 0.15) is 12.0 Å². The van der Waals surface area contributed by atoms with E-state index in [1.165, 1.54) is 12.5 Å². The molecule has 4 atom stereocenters. The van der Waals surface area contributed by atoms with E-state index in [-0.39, 0.29) is 23.9 Å². The maximum absolute atomic E-state index is 14.0. The van der Waals surface area contributed by atoms with Crippen molar-refractivity contribution in [3.05, 3.63) is 35.6 Å². The second-order valence-corrected chi connectivity index (χ2v) is 6.02. The summed E-state index contributed by atoms with van der Waals surface area (Å²) in [5.74, 6) is 1.12. The molecule has 0 spiro atoms. The zero-order chi connectivity index (χ0) is 14.3. The van der Waals surface area contributed by atoms with Crippen molar-refractivity contribution in [2.45, 2.75) is 38.9 Å². The molecule has 3 nitrogen and oxygen atoms in total. The van der Waals surface area contributed by atoms with Crippen molar-refractivity contribution < 1.29 is 9.18 Å². The van der Waals surface area contributed by atoms with Crippen LogP contribution in [0.3, 0.4) is 0 Å². The average Bonchev–Trinajstić information content (AvgIpc) is 3.04. The standard InChI is InChI=1S/C16H21FN2O/c1-3-14-16(20)19(9-11-8-10(11)2)15(18-14)12-6-4-5-7-13(12)17/h4-7,10-11,14-15,18H,3,8-9H2,1-2H3. The first kappa shape index (κ1) is 13.6. The molecule has 1 aliphatic heterocycles. The predicted octanol–water partition coefficient (Wildman–Crippen LogP) is 2.69. The average molecular weight is 276 g/mol. The molecule has 0 bridgehead atoms. The molecule has 3 rings (SSSR count). The Morgan fingerprint density at radius 3 is 2.70 bits per heavy atom. The van der Waals surface area contributed by atoms with Crippen molar-refractivity contribution in [2.75, 3.05) is 6.54 Å². The van der Waals surface area contributed by atoms with Crippen molar-refractivity contribution in [3.63, 3.8) is 0 Å². The summed E-state index contributed by atoms with van der Waals surface area (Å²) in [6.45, 7) is 4.92. The maximum Gasteiger partial charge on any atom is 0.241 e. The van der Waals surface area contributed by atoms with Crippen molar-refractivity contribution in [2.24, 2.45) is 11.8 Å². The molecule has 0 radical (unpaired) electrons. The summed E-state index contributed by atoms with van der Waals surface area (Å²) in [5, 5.41) is 3.28. The van der Waals surface area contributed by atoms with Gasteiger partial charge in [-0.2, -0.15) is 0 Å². The molecule has 2 aliphatic rings. The van der Waals surface area contributed by atoms with Gasteiger partial charge in [0.2, 0.25) is 5.91 Å². The van der Waals surface area contributed by atoms with Gasteiger partial charge in [0, 0.05) is 12.1 Å². The molecule has 1 aromatic carbocycles. The minimum atomic E-state index is -0.318. The highest BCUT2D eigenvalue weighted by Gasteiger charge is 2.44. The summed E-state index contributed by atoms with van der Waals surface area (Å²) in [7, 11) is 0. The van der Waals surface area contributed by atoms with Crippen LogP contribution in [-0.2, 0) is 4.79 Å². The molecule has 1 aliphatic carbocycles. The molecular weight excluding hydrogens is 255 g/mol. The smallest absolute Gasteiger partial charge is 0.241 e. The number of carbonyl (C=O) groups is 1. The highest BCUT2D eigenvalue weighted by atomic mass is 19.1. The molecule has 4 unspecified atom stereocenters. The first-order valence-corrected chi connectivity index (χ1v) is 7.42. The van der Waals surface area contributed by atoms with Crippen LogP contribution in [0.25, 0.3) is 0 Å². The molecule has 1 N–H and O–H groups in total. The monoisotopic (exact) mass is 276 g/mol. The summed E-state index contributed by atoms with van der Waals surface area (Å²) in [6, 6.07) is 6.54. The lowest BCUT2D eigenvalue weighted by molar-refractivity contribution is -0.130. The van der Waals surface area contributed by atoms with Gasteiger partial charge in [-0.25, -0.2) is 4.39 Å². The second kappa shape index (κ2) is 5.17. The third-order valence-electron chi connectivity index (χ3n) is 4.57. The third kappa shape index (κ3) is 2.33. The molecule has 2 fully saturated rings. The minimum Gasteiger partial charge on any atom is -0.321 e. The molecule has 1 saturated heterocycles. The highest BCUT2D eigenvalue weighted by Crippen LogP contribution is 2.41. The van der Waals surface area contributed by atoms with Crippen LogP contribution in [0.15, 0.2) is 24.3 Å². The maximum atomic E-state index is 14.0. The largest absolute Gasteiger partial charge is 0.321 e. The molecule has 4 heteroatoms. The lowest BCUT2D eigenvalue weighted by Crippen LogP contribution is -2.33. The van der Waals surface area contributed by atoms with Gasteiger partial charge in [-0.05, 0) is 30.7 Å². The van der Waals surface area contributed by atoms with Gasteiger partial charge >= 0.3 is 0 Å². The fourth-order valence-corrected chi connectivity index (χ4v) is 3.03. The molecule has 1 amide bonds. The van der Waals surface area contributed by atoms with E-state index in [1.54, 1.807) is 12.1 Å². The van der Waals surface area contributed by atoms with Crippen LogP contribution in [-0.4, -0.2) is 23.4 Å². The van der Waals surface area contributed by atoms with Crippen LogP contribution in [0, 0.1) is 17.7 Å². The van der Waals surface area contributed by atoms with Gasteiger partial charge in [0.25, 0.3) is 0 Å². The van der Waals surface area contributed by atoms with Gasteiger partial charge in [-0.1, -0.05) is 32.0 Å². The number of carbonyl (C=O) groups excluding carboxylic acids is 1. The van der Waals surface area contributed by atoms with Crippen LogP contribution >= 0.6 is 0 Å². The molecule has 1 aromatic rings. The Bertz CT molecular complexity index is 519. The van der Waals surface area contributed by atoms with E-state index in [9.17, 15) is 9.18 Å². The topological polar surface area (TPSA) is 32.3 Å². The van der Waals surface area contributed by atoms with E-state index in [2.05, 4.69) is 12.2 Å². The summed E-state index contributed by atoms with van der Waals surface area (Å²) in [5.41, 5.74) is 0.574. The number of halogens is 1. The van der Waals surface area contributed by atoms with Crippen LogP contribution in [0.2, 0.25) is 0 Å². The van der Waals surface area contributed by atoms with E-state index in [0.29, 0.717) is 17.4 Å². The summed E-state index contributed by atoms with van der Waals surface area (Å²) in [4.78, 5) is 14.3. The molecular formula is C16H21FN2O. The van der Waals surface area contributed by atoms with Gasteiger partial charge in [0.15, 0.2) is 0 Å². The Balaban J connectivity index is 1.86. The molecule has 0 aromatic heterocycles. The van der Waals surface area contributed by atoms with Gasteiger partial charge < -0.3 is 4.90 Å². The Morgan fingerprint density at radius 2 is 2.10 bits per heavy atom. The van der Waals surface area contributed by atoms with E-state index in [0.717, 1.165) is 13.0 Å². The summed E-state index contributed by atoms with van der Waals surface area (Å²) < 4.78 is 14.0. The number of benzene rings is 1. The number of hydrogen-bond acceptors (Lipinski definition) is 2. The minimum absolute atomic E-state index is 0.111. The fourth-order valence-electron chi connectivity index (χ4n) is 3.03. The van der Waals surface area contributed by atoms with Crippen molar-refractivity contribution in [1.29, 1.82) is 0 Å². The van der Waals surface area contributed by atoms with Crippen molar-refractivity contribution >= 4 is 5.91 Å². The zero-order valence-electron chi connectivity index (χ0n) is 12.0. The van der Waals surface area contributed by atoms with Crippen LogP contribution in [0.5, 0.6) is 0 Å². The number of hydrogen-bond donors (Lipinski definition) is 1. The molecule has 1 saturated carbocycles. The first-order chi connectivity index (χ1) is 9.61. The lowest BCUT2D eigenvalue weighted by atomic mass is 10.1. The Hall–Kier alpha value is -1.42. The normalized spacial score (nSPS) is 32.8. The third-order valence-corrected chi connectivity index (χ3v) is 4.57. The van der Waals surface area contributed by atoms with Gasteiger partial charge in [0.05, 0.1) is 6.04 Å². The van der Waals surface area contributed by atoms with Gasteiger partial charge in [-0.3, -0.25) is 10.1 Å². The quantitative estimate of drug-likeness (QED) is 0.917. The Kier molecular flexibility index (Phi) is 3.50. The number of amides is 1. The Labute approximate surface area is 119 Å². The number of nitrogens with one attached hydrogen (secondary N) is 1. The second-order valence-electron chi connectivity index (χ2n) is 6.02. The molecule has 108 valence electrons. The van der Waals surface area contributed by atoms with E-state index < -0.39 is 0 Å². The summed E-state index contributed by atoms with van der Waals surface area (Å²) >= 11 is 0. The zero-order valence-corrected chi connectivity index (χ0v) is 12.0. The van der Waals surface area contributed by atoms with Crippen LogP contribution in [0.4, 0.5) is 4.39 Å². The molecule has 20 heavy (non-hydrogen) atoms. The predicted molar refractivity (Wildman–Crippen MR) is 75.3 cm³/mol. The van der Waals surface area contributed by atoms with Crippen LogP contribution in [0.1, 0.15) is 38.4 Å². The van der Waals surface area contributed by atoms with E-state index >= 15 is 0 Å². The number of rotatable bonds is 4. The van der Waals surface area contributed by atoms with Crippen LogP contribution < -0.4 is 5.32 Å². The lowest BCUT2D eigenvalue weighted by Gasteiger charge is -2.25. The SMILES string of the molecule is CCC1NC(c2ccccc2F)N(CC2CC2C)C1=O.